The van der Waals surface area contributed by atoms with Crippen LogP contribution in [0.2, 0.25) is 0 Å². The first-order chi connectivity index (χ1) is 7.54. The highest BCUT2D eigenvalue weighted by molar-refractivity contribution is 7.88. The minimum Gasteiger partial charge on any atom is -0.339 e. The van der Waals surface area contributed by atoms with Crippen LogP contribution in [0.15, 0.2) is 4.52 Å². The van der Waals surface area contributed by atoms with Gasteiger partial charge in [0.15, 0.2) is 5.82 Å². The Morgan fingerprint density at radius 2 is 2.00 bits per heavy atom. The van der Waals surface area contributed by atoms with Gasteiger partial charge >= 0.3 is 0 Å². The van der Waals surface area contributed by atoms with Crippen molar-refractivity contribution in [3.8, 4) is 0 Å². The Balaban J connectivity index is 1.67. The van der Waals surface area contributed by atoms with Gasteiger partial charge in [0.2, 0.25) is 15.9 Å². The van der Waals surface area contributed by atoms with Gasteiger partial charge < -0.3 is 4.52 Å². The van der Waals surface area contributed by atoms with Crippen molar-refractivity contribution in [3.63, 3.8) is 0 Å². The maximum atomic E-state index is 11.2. The van der Waals surface area contributed by atoms with Crippen molar-refractivity contribution in [2.45, 2.75) is 24.7 Å². The number of hydrogen-bond donors (Lipinski definition) is 0. The highest BCUT2D eigenvalue weighted by Gasteiger charge is 2.38. The largest absolute Gasteiger partial charge is 0.339 e. The van der Waals surface area contributed by atoms with Crippen LogP contribution in [0.4, 0.5) is 0 Å². The van der Waals surface area contributed by atoms with Gasteiger partial charge in [0.05, 0.1) is 12.2 Å². The standard InChI is InChI=1S/C9H13N3O3S/c1-16(13,14)12-4-7(5-12)9-10-8(11-15-9)6-2-3-6/h6-7H,2-5H2,1H3. The van der Waals surface area contributed by atoms with Crippen LogP contribution < -0.4 is 0 Å². The van der Waals surface area contributed by atoms with Crippen LogP contribution in [0.3, 0.4) is 0 Å². The molecule has 1 aliphatic heterocycles. The molecule has 0 amide bonds. The molecule has 0 bridgehead atoms. The predicted octanol–water partition coefficient (Wildman–Crippen LogP) is 0.306. The molecule has 1 aliphatic carbocycles. The Bertz CT molecular complexity index is 500. The normalized spacial score (nSPS) is 23.3. The molecule has 1 aromatic heterocycles. The van der Waals surface area contributed by atoms with E-state index in [0.29, 0.717) is 24.9 Å². The maximum absolute atomic E-state index is 11.2. The van der Waals surface area contributed by atoms with Crippen molar-refractivity contribution in [1.82, 2.24) is 14.4 Å². The van der Waals surface area contributed by atoms with Crippen LogP contribution in [-0.4, -0.2) is 42.2 Å². The molecule has 16 heavy (non-hydrogen) atoms. The van der Waals surface area contributed by atoms with Crippen LogP contribution in [0.1, 0.15) is 36.4 Å². The van der Waals surface area contributed by atoms with Crippen LogP contribution in [0.5, 0.6) is 0 Å². The third kappa shape index (κ3) is 1.73. The lowest BCUT2D eigenvalue weighted by atomic mass is 10.0. The number of hydrogen-bond acceptors (Lipinski definition) is 5. The van der Waals surface area contributed by atoms with Gasteiger partial charge in [-0.1, -0.05) is 5.16 Å². The molecule has 0 unspecified atom stereocenters. The summed E-state index contributed by atoms with van der Waals surface area (Å²) in [6.45, 7) is 0.927. The molecule has 0 atom stereocenters. The fourth-order valence-electron chi connectivity index (χ4n) is 1.79. The molecule has 2 aliphatic rings. The smallest absolute Gasteiger partial charge is 0.232 e. The molecular weight excluding hydrogens is 230 g/mol. The van der Waals surface area contributed by atoms with E-state index in [9.17, 15) is 8.42 Å². The number of sulfonamides is 1. The average molecular weight is 243 g/mol. The van der Waals surface area contributed by atoms with Gasteiger partial charge in [0, 0.05) is 19.0 Å². The molecule has 6 nitrogen and oxygen atoms in total. The summed E-state index contributed by atoms with van der Waals surface area (Å²) in [6, 6.07) is 0. The first-order valence-corrected chi connectivity index (χ1v) is 7.17. The van der Waals surface area contributed by atoms with Crippen molar-refractivity contribution in [2.75, 3.05) is 19.3 Å². The average Bonchev–Trinajstić information content (AvgIpc) is 2.83. The summed E-state index contributed by atoms with van der Waals surface area (Å²) < 4.78 is 28.9. The zero-order valence-electron chi connectivity index (χ0n) is 8.96. The van der Waals surface area contributed by atoms with Crippen molar-refractivity contribution >= 4 is 10.0 Å². The first kappa shape index (κ1) is 10.2. The molecule has 1 saturated carbocycles. The molecular formula is C9H13N3O3S. The van der Waals surface area contributed by atoms with Crippen LogP contribution >= 0.6 is 0 Å². The lowest BCUT2D eigenvalue weighted by Gasteiger charge is -2.34. The Labute approximate surface area is 93.7 Å². The van der Waals surface area contributed by atoms with Crippen LogP contribution in [0.25, 0.3) is 0 Å². The third-order valence-electron chi connectivity index (χ3n) is 3.07. The Morgan fingerprint density at radius 1 is 1.31 bits per heavy atom. The highest BCUT2D eigenvalue weighted by atomic mass is 32.2. The summed E-state index contributed by atoms with van der Waals surface area (Å²) in [4.78, 5) is 4.31. The van der Waals surface area contributed by atoms with E-state index in [1.54, 1.807) is 0 Å². The zero-order chi connectivity index (χ0) is 11.3. The molecule has 0 N–H and O–H groups in total. The predicted molar refractivity (Wildman–Crippen MR) is 55.4 cm³/mol. The van der Waals surface area contributed by atoms with E-state index in [1.165, 1.54) is 10.6 Å². The van der Waals surface area contributed by atoms with Crippen molar-refractivity contribution in [2.24, 2.45) is 0 Å². The van der Waals surface area contributed by atoms with Crippen LogP contribution in [0, 0.1) is 0 Å². The molecule has 3 rings (SSSR count). The Morgan fingerprint density at radius 3 is 2.56 bits per heavy atom. The summed E-state index contributed by atoms with van der Waals surface area (Å²) in [6.07, 6.45) is 3.49. The summed E-state index contributed by atoms with van der Waals surface area (Å²) in [5, 5.41) is 3.91. The molecule has 88 valence electrons. The summed E-state index contributed by atoms with van der Waals surface area (Å²) in [7, 11) is -3.06. The third-order valence-corrected chi connectivity index (χ3v) is 4.30. The van der Waals surface area contributed by atoms with Crippen molar-refractivity contribution in [1.29, 1.82) is 0 Å². The van der Waals surface area contributed by atoms with Crippen LogP contribution in [-0.2, 0) is 10.0 Å². The van der Waals surface area contributed by atoms with E-state index in [2.05, 4.69) is 10.1 Å². The van der Waals surface area contributed by atoms with Gasteiger partial charge in [-0.3, -0.25) is 0 Å². The zero-order valence-corrected chi connectivity index (χ0v) is 9.77. The monoisotopic (exact) mass is 243 g/mol. The first-order valence-electron chi connectivity index (χ1n) is 5.32. The molecule has 0 spiro atoms. The van der Waals surface area contributed by atoms with Crippen molar-refractivity contribution in [3.05, 3.63) is 11.7 Å². The maximum Gasteiger partial charge on any atom is 0.232 e. The Hall–Kier alpha value is -0.950. The second-order valence-corrected chi connectivity index (χ2v) is 6.52. The number of rotatable bonds is 3. The van der Waals surface area contributed by atoms with Crippen molar-refractivity contribution < 1.29 is 12.9 Å². The summed E-state index contributed by atoms with van der Waals surface area (Å²) >= 11 is 0. The number of nitrogens with zero attached hydrogens (tertiary/aromatic N) is 3. The van der Waals surface area contributed by atoms with Gasteiger partial charge in [-0.2, -0.15) is 4.98 Å². The Kier molecular flexibility index (Phi) is 2.09. The summed E-state index contributed by atoms with van der Waals surface area (Å²) in [5.41, 5.74) is 0. The van der Waals surface area contributed by atoms with Gasteiger partial charge in [-0.25, -0.2) is 12.7 Å². The van der Waals surface area contributed by atoms with E-state index in [0.717, 1.165) is 18.7 Å². The molecule has 0 radical (unpaired) electrons. The lowest BCUT2D eigenvalue weighted by molar-refractivity contribution is 0.217. The minimum atomic E-state index is -3.06. The van der Waals surface area contributed by atoms with Gasteiger partial charge in [-0.15, -0.1) is 0 Å². The SMILES string of the molecule is CS(=O)(=O)N1CC(c2nc(C3CC3)no2)C1. The van der Waals surface area contributed by atoms with E-state index in [1.807, 2.05) is 0 Å². The molecule has 1 aromatic rings. The second kappa shape index (κ2) is 3.27. The fourth-order valence-corrected chi connectivity index (χ4v) is 2.69. The van der Waals surface area contributed by atoms with Gasteiger partial charge in [-0.05, 0) is 12.8 Å². The minimum absolute atomic E-state index is 0.0784. The van der Waals surface area contributed by atoms with Gasteiger partial charge in [0.1, 0.15) is 0 Å². The molecule has 1 saturated heterocycles. The van der Waals surface area contributed by atoms with Gasteiger partial charge in [0.25, 0.3) is 0 Å². The molecule has 7 heteroatoms. The molecule has 0 aromatic carbocycles. The van der Waals surface area contributed by atoms with E-state index >= 15 is 0 Å². The second-order valence-electron chi connectivity index (χ2n) is 4.54. The quantitative estimate of drug-likeness (QED) is 0.763. The molecule has 2 fully saturated rings. The number of aromatic nitrogens is 2. The topological polar surface area (TPSA) is 76.3 Å². The molecule has 2 heterocycles. The van der Waals surface area contributed by atoms with E-state index in [4.69, 9.17) is 4.52 Å². The van der Waals surface area contributed by atoms with E-state index in [-0.39, 0.29) is 5.92 Å². The summed E-state index contributed by atoms with van der Waals surface area (Å²) in [5.74, 6) is 1.92. The van der Waals surface area contributed by atoms with E-state index < -0.39 is 10.0 Å². The fraction of sp³-hybridized carbons (Fsp3) is 0.778. The highest BCUT2D eigenvalue weighted by Crippen LogP contribution is 2.39. The lowest BCUT2D eigenvalue weighted by Crippen LogP contribution is -2.47.